The van der Waals surface area contributed by atoms with E-state index in [1.807, 2.05) is 25.1 Å². The van der Waals surface area contributed by atoms with Crippen LogP contribution >= 0.6 is 0 Å². The minimum absolute atomic E-state index is 0.0403. The van der Waals surface area contributed by atoms with Gasteiger partial charge in [0.1, 0.15) is 23.1 Å². The lowest BCUT2D eigenvalue weighted by molar-refractivity contribution is -0.384. The van der Waals surface area contributed by atoms with E-state index in [-0.39, 0.29) is 29.5 Å². The summed E-state index contributed by atoms with van der Waals surface area (Å²) in [7, 11) is 0. The molecule has 1 aromatic heterocycles. The van der Waals surface area contributed by atoms with Crippen LogP contribution in [0.3, 0.4) is 0 Å². The summed E-state index contributed by atoms with van der Waals surface area (Å²) in [4.78, 5) is 22.5. The third-order valence-electron chi connectivity index (χ3n) is 3.84. The van der Waals surface area contributed by atoms with Gasteiger partial charge in [-0.05, 0) is 19.1 Å². The number of carbonyl (C=O) groups is 1. The van der Waals surface area contributed by atoms with Gasteiger partial charge < -0.3 is 9.15 Å². The molecule has 0 aliphatic rings. The third-order valence-corrected chi connectivity index (χ3v) is 3.84. The van der Waals surface area contributed by atoms with Gasteiger partial charge in [0.05, 0.1) is 4.92 Å². The maximum Gasteiger partial charge on any atom is 0.270 e. The van der Waals surface area contributed by atoms with E-state index in [0.717, 1.165) is 5.56 Å². The standard InChI is InChI=1S/C20H15N3O5/c1-13-5-7-17(8-6-13)27-12-19(24)22-20-15(11-21)10-18(28-20)14-3-2-4-16(9-14)23(25)26/h2-10H,12H2,1H3,(H,22,24). The Balaban J connectivity index is 1.73. The summed E-state index contributed by atoms with van der Waals surface area (Å²) in [6.45, 7) is 1.68. The number of benzene rings is 2. The van der Waals surface area contributed by atoms with Crippen molar-refractivity contribution in [3.63, 3.8) is 0 Å². The molecule has 2 aromatic carbocycles. The van der Waals surface area contributed by atoms with E-state index < -0.39 is 10.8 Å². The van der Waals surface area contributed by atoms with Gasteiger partial charge in [0.2, 0.25) is 5.88 Å². The second-order valence-electron chi connectivity index (χ2n) is 5.92. The predicted molar refractivity (Wildman–Crippen MR) is 101 cm³/mol. The Morgan fingerprint density at radius 3 is 2.68 bits per heavy atom. The Labute approximate surface area is 160 Å². The van der Waals surface area contributed by atoms with Crippen molar-refractivity contribution in [2.45, 2.75) is 6.92 Å². The zero-order valence-electron chi connectivity index (χ0n) is 14.8. The van der Waals surface area contributed by atoms with E-state index >= 15 is 0 Å². The topological polar surface area (TPSA) is 118 Å². The van der Waals surface area contributed by atoms with Gasteiger partial charge in [0.15, 0.2) is 6.61 Å². The number of nitriles is 1. The van der Waals surface area contributed by atoms with Crippen molar-refractivity contribution in [3.05, 3.63) is 75.8 Å². The van der Waals surface area contributed by atoms with Gasteiger partial charge in [0, 0.05) is 23.8 Å². The summed E-state index contributed by atoms with van der Waals surface area (Å²) < 4.78 is 10.9. The molecule has 1 amide bonds. The molecule has 8 heteroatoms. The van der Waals surface area contributed by atoms with E-state index in [1.54, 1.807) is 18.2 Å². The van der Waals surface area contributed by atoms with Crippen LogP contribution in [-0.4, -0.2) is 17.4 Å². The SMILES string of the molecule is Cc1ccc(OCC(=O)Nc2oc(-c3cccc([N+](=O)[O-])c3)cc2C#N)cc1. The molecule has 0 saturated heterocycles. The smallest absolute Gasteiger partial charge is 0.270 e. The molecule has 0 aliphatic carbocycles. The van der Waals surface area contributed by atoms with E-state index in [4.69, 9.17) is 9.15 Å². The molecule has 0 aliphatic heterocycles. The number of hydrogen-bond acceptors (Lipinski definition) is 6. The average molecular weight is 377 g/mol. The minimum atomic E-state index is -0.525. The zero-order valence-corrected chi connectivity index (χ0v) is 14.8. The number of furan rings is 1. The fraction of sp³-hybridized carbons (Fsp3) is 0.100. The number of nitro groups is 1. The maximum absolute atomic E-state index is 12.1. The van der Waals surface area contributed by atoms with E-state index in [0.29, 0.717) is 11.3 Å². The lowest BCUT2D eigenvalue weighted by Crippen LogP contribution is -2.20. The Kier molecular flexibility index (Phi) is 5.37. The number of carbonyl (C=O) groups excluding carboxylic acids is 1. The molecule has 0 bridgehead atoms. The number of nitrogens with zero attached hydrogens (tertiary/aromatic N) is 2. The van der Waals surface area contributed by atoms with E-state index in [1.165, 1.54) is 24.3 Å². The molecule has 0 saturated carbocycles. The summed E-state index contributed by atoms with van der Waals surface area (Å²) >= 11 is 0. The Morgan fingerprint density at radius 1 is 1.25 bits per heavy atom. The van der Waals surface area contributed by atoms with Crippen LogP contribution in [-0.2, 0) is 4.79 Å². The second kappa shape index (κ2) is 8.05. The highest BCUT2D eigenvalue weighted by Gasteiger charge is 2.17. The Hall–Kier alpha value is -4.12. The van der Waals surface area contributed by atoms with Crippen molar-refractivity contribution in [1.82, 2.24) is 0 Å². The number of nitrogens with one attached hydrogen (secondary N) is 1. The van der Waals surface area contributed by atoms with Gasteiger partial charge in [-0.2, -0.15) is 5.26 Å². The quantitative estimate of drug-likeness (QED) is 0.511. The summed E-state index contributed by atoms with van der Waals surface area (Å²) in [5.41, 5.74) is 1.48. The first-order valence-corrected chi connectivity index (χ1v) is 8.24. The first-order valence-electron chi connectivity index (χ1n) is 8.24. The number of anilines is 1. The average Bonchev–Trinajstić information content (AvgIpc) is 3.10. The monoisotopic (exact) mass is 377 g/mol. The molecule has 28 heavy (non-hydrogen) atoms. The number of non-ortho nitro benzene ring substituents is 1. The molecule has 0 fully saturated rings. The highest BCUT2D eigenvalue weighted by atomic mass is 16.6. The first-order chi connectivity index (χ1) is 13.5. The van der Waals surface area contributed by atoms with Crippen LogP contribution in [0.25, 0.3) is 11.3 Å². The predicted octanol–water partition coefficient (Wildman–Crippen LogP) is 4.05. The fourth-order valence-electron chi connectivity index (χ4n) is 2.43. The van der Waals surface area contributed by atoms with Crippen molar-refractivity contribution in [3.8, 4) is 23.1 Å². The molecule has 0 spiro atoms. The van der Waals surface area contributed by atoms with Crippen LogP contribution in [0.2, 0.25) is 0 Å². The largest absolute Gasteiger partial charge is 0.484 e. The summed E-state index contributed by atoms with van der Waals surface area (Å²) in [5.74, 6) is 0.228. The Morgan fingerprint density at radius 2 is 2.00 bits per heavy atom. The van der Waals surface area contributed by atoms with Gasteiger partial charge in [-0.1, -0.05) is 29.8 Å². The number of nitro benzene ring substituents is 1. The molecule has 1 heterocycles. The third kappa shape index (κ3) is 4.34. The summed E-state index contributed by atoms with van der Waals surface area (Å²) in [6, 6.07) is 16.3. The normalized spacial score (nSPS) is 10.1. The molecular formula is C20H15N3O5. The van der Waals surface area contributed by atoms with Crippen molar-refractivity contribution in [1.29, 1.82) is 5.26 Å². The lowest BCUT2D eigenvalue weighted by atomic mass is 10.1. The van der Waals surface area contributed by atoms with Crippen LogP contribution in [0.4, 0.5) is 11.6 Å². The number of aryl methyl sites for hydroxylation is 1. The Bertz CT molecular complexity index is 1060. The van der Waals surface area contributed by atoms with Crippen LogP contribution in [0, 0.1) is 28.4 Å². The number of amides is 1. The zero-order chi connectivity index (χ0) is 20.1. The first kappa shape index (κ1) is 18.7. The molecule has 8 nitrogen and oxygen atoms in total. The van der Waals surface area contributed by atoms with Gasteiger partial charge >= 0.3 is 0 Å². The summed E-state index contributed by atoms with van der Waals surface area (Å²) in [6.07, 6.45) is 0. The molecule has 3 rings (SSSR count). The van der Waals surface area contributed by atoms with Crippen molar-refractivity contribution < 1.29 is 18.9 Å². The molecule has 0 atom stereocenters. The molecular weight excluding hydrogens is 362 g/mol. The maximum atomic E-state index is 12.1. The van der Waals surface area contributed by atoms with Gasteiger partial charge in [-0.15, -0.1) is 0 Å². The second-order valence-corrected chi connectivity index (χ2v) is 5.92. The van der Waals surface area contributed by atoms with E-state index in [2.05, 4.69) is 5.32 Å². The molecule has 0 unspecified atom stereocenters. The van der Waals surface area contributed by atoms with Crippen molar-refractivity contribution >= 4 is 17.5 Å². The molecule has 1 N–H and O–H groups in total. The van der Waals surface area contributed by atoms with Gasteiger partial charge in [-0.25, -0.2) is 0 Å². The summed E-state index contributed by atoms with van der Waals surface area (Å²) in [5, 5.41) is 22.7. The highest BCUT2D eigenvalue weighted by molar-refractivity contribution is 5.92. The number of hydrogen-bond donors (Lipinski definition) is 1. The van der Waals surface area contributed by atoms with Crippen LogP contribution in [0.5, 0.6) is 5.75 Å². The van der Waals surface area contributed by atoms with Gasteiger partial charge in [0.25, 0.3) is 11.6 Å². The fourth-order valence-corrected chi connectivity index (χ4v) is 2.43. The molecule has 3 aromatic rings. The van der Waals surface area contributed by atoms with Crippen LogP contribution in [0.1, 0.15) is 11.1 Å². The molecule has 0 radical (unpaired) electrons. The lowest BCUT2D eigenvalue weighted by Gasteiger charge is -2.06. The number of rotatable bonds is 6. The number of ether oxygens (including phenoxy) is 1. The van der Waals surface area contributed by atoms with Crippen molar-refractivity contribution in [2.24, 2.45) is 0 Å². The van der Waals surface area contributed by atoms with Gasteiger partial charge in [-0.3, -0.25) is 20.2 Å². The molecule has 140 valence electrons. The highest BCUT2D eigenvalue weighted by Crippen LogP contribution is 2.30. The van der Waals surface area contributed by atoms with Crippen LogP contribution in [0.15, 0.2) is 59.0 Å². The minimum Gasteiger partial charge on any atom is -0.484 e. The van der Waals surface area contributed by atoms with Crippen LogP contribution < -0.4 is 10.1 Å². The van der Waals surface area contributed by atoms with E-state index in [9.17, 15) is 20.2 Å². The van der Waals surface area contributed by atoms with Crippen molar-refractivity contribution in [2.75, 3.05) is 11.9 Å².